The van der Waals surface area contributed by atoms with E-state index in [2.05, 4.69) is 34.0 Å². The predicted molar refractivity (Wildman–Crippen MR) is 114 cm³/mol. The molecule has 2 rings (SSSR count). The van der Waals surface area contributed by atoms with Gasteiger partial charge >= 0.3 is 0 Å². The third-order valence-electron chi connectivity index (χ3n) is 3.86. The van der Waals surface area contributed by atoms with Crippen LogP contribution in [-0.2, 0) is 6.42 Å². The highest BCUT2D eigenvalue weighted by molar-refractivity contribution is 6.31. The van der Waals surface area contributed by atoms with Crippen LogP contribution in [0.3, 0.4) is 0 Å². The molecule has 0 saturated carbocycles. The summed E-state index contributed by atoms with van der Waals surface area (Å²) in [5, 5.41) is 6.68. The lowest BCUT2D eigenvalue weighted by molar-refractivity contribution is 0.910. The lowest BCUT2D eigenvalue weighted by atomic mass is 10.1. The van der Waals surface area contributed by atoms with Crippen molar-refractivity contribution in [3.05, 3.63) is 88.6 Å². The summed E-state index contributed by atoms with van der Waals surface area (Å²) in [6.45, 7) is 7.27. The third-order valence-corrected chi connectivity index (χ3v) is 4.06. The molecule has 28 heavy (non-hydrogen) atoms. The fourth-order valence-electron chi connectivity index (χ4n) is 2.41. The molecule has 0 radical (unpaired) electrons. The molecule has 146 valence electrons. The van der Waals surface area contributed by atoms with Crippen LogP contribution in [0.5, 0.6) is 0 Å². The fourth-order valence-corrected chi connectivity index (χ4v) is 2.52. The van der Waals surface area contributed by atoms with Crippen LogP contribution in [0.25, 0.3) is 5.69 Å². The van der Waals surface area contributed by atoms with Gasteiger partial charge in [-0.15, -0.1) is 0 Å². The van der Waals surface area contributed by atoms with Gasteiger partial charge in [-0.3, -0.25) is 9.36 Å². The Hall–Kier alpha value is -3.36. The molecule has 0 aliphatic rings. The van der Waals surface area contributed by atoms with Crippen molar-refractivity contribution in [2.24, 2.45) is 16.8 Å². The number of allylic oxidation sites excluding steroid dienone is 3. The number of nitrogens with zero attached hydrogens (tertiary/aromatic N) is 3. The number of hydrogen-bond acceptors (Lipinski definition) is 6. The van der Waals surface area contributed by atoms with Crippen LogP contribution >= 0.6 is 11.6 Å². The molecule has 0 amide bonds. The highest BCUT2D eigenvalue weighted by Crippen LogP contribution is 2.15. The molecule has 1 aromatic heterocycles. The number of rotatable bonds is 8. The molecule has 0 aliphatic heterocycles. The maximum atomic E-state index is 12.8. The molecule has 0 spiro atoms. The van der Waals surface area contributed by atoms with Crippen molar-refractivity contribution in [1.29, 1.82) is 0 Å². The molecule has 1 heterocycles. The number of nitrogens with one attached hydrogen (secondary N) is 2. The van der Waals surface area contributed by atoms with Gasteiger partial charge in [0.25, 0.3) is 5.56 Å². The standard InChI is InChI=1S/C19H22ClN7O/c1-3-4-16(13(2)20)24-18-19(28)27(12-11-23-18)15-8-5-14(6-9-15)7-10-17(25-21)26-22/h3-6,8-9,11-12H,1-2,7,10,21-22H2,(H,23,24)(H,25,26)/b16-4+. The van der Waals surface area contributed by atoms with Crippen LogP contribution in [0.15, 0.2) is 82.6 Å². The fraction of sp³-hybridized carbons (Fsp3) is 0.105. The molecule has 8 nitrogen and oxygen atoms in total. The Kier molecular flexibility index (Phi) is 7.55. The van der Waals surface area contributed by atoms with E-state index in [1.807, 2.05) is 24.3 Å². The summed E-state index contributed by atoms with van der Waals surface area (Å²) < 4.78 is 1.48. The smallest absolute Gasteiger partial charge is 0.298 e. The van der Waals surface area contributed by atoms with Crippen molar-refractivity contribution in [3.8, 4) is 5.69 Å². The largest absolute Gasteiger partial charge is 0.334 e. The van der Waals surface area contributed by atoms with Gasteiger partial charge in [-0.25, -0.2) is 10.8 Å². The van der Waals surface area contributed by atoms with Gasteiger partial charge in [0, 0.05) is 24.5 Å². The first-order valence-electron chi connectivity index (χ1n) is 8.35. The molecule has 9 heteroatoms. The van der Waals surface area contributed by atoms with Gasteiger partial charge in [0.2, 0.25) is 0 Å². The minimum atomic E-state index is -0.326. The molecule has 6 N–H and O–H groups in total. The van der Waals surface area contributed by atoms with E-state index in [-0.39, 0.29) is 16.4 Å². The van der Waals surface area contributed by atoms with Gasteiger partial charge in [0.1, 0.15) is 5.84 Å². The zero-order valence-corrected chi connectivity index (χ0v) is 16.0. The Bertz CT molecular complexity index is 961. The third kappa shape index (κ3) is 5.32. The molecule has 2 aromatic rings. The van der Waals surface area contributed by atoms with Crippen LogP contribution in [0.1, 0.15) is 12.0 Å². The van der Waals surface area contributed by atoms with Crippen LogP contribution < -0.4 is 28.0 Å². The van der Waals surface area contributed by atoms with Crippen molar-refractivity contribution in [1.82, 2.24) is 15.0 Å². The number of anilines is 1. The highest BCUT2D eigenvalue weighted by atomic mass is 35.5. The monoisotopic (exact) mass is 399 g/mol. The molecule has 0 atom stereocenters. The molecule has 0 aliphatic carbocycles. The molecule has 0 unspecified atom stereocenters. The van der Waals surface area contributed by atoms with Gasteiger partial charge in [-0.2, -0.15) is 5.10 Å². The normalized spacial score (nSPS) is 11.8. The summed E-state index contributed by atoms with van der Waals surface area (Å²) in [6, 6.07) is 7.53. The Balaban J connectivity index is 2.24. The second kappa shape index (κ2) is 10.1. The highest BCUT2D eigenvalue weighted by Gasteiger charge is 2.09. The van der Waals surface area contributed by atoms with Crippen molar-refractivity contribution >= 4 is 23.3 Å². The van der Waals surface area contributed by atoms with Crippen molar-refractivity contribution in [2.45, 2.75) is 12.8 Å². The quantitative estimate of drug-likeness (QED) is 0.177. The van der Waals surface area contributed by atoms with Crippen molar-refractivity contribution in [2.75, 3.05) is 5.32 Å². The first-order chi connectivity index (χ1) is 13.5. The number of aromatic nitrogens is 2. The molecular formula is C19H22ClN7O. The SMILES string of the molecule is C=C/C=C(/Nc1nccn(-c2ccc(CC/C(=N/N)NN)cc2)c1=O)C(=C)Cl. The Morgan fingerprint density at radius 2 is 2.07 bits per heavy atom. The molecule has 0 fully saturated rings. The molecule has 0 saturated heterocycles. The van der Waals surface area contributed by atoms with Gasteiger partial charge in [0.05, 0.1) is 10.7 Å². The number of amidine groups is 1. The van der Waals surface area contributed by atoms with E-state index in [1.165, 1.54) is 16.8 Å². The number of hydrazine groups is 1. The first kappa shape index (κ1) is 20.9. The summed E-state index contributed by atoms with van der Waals surface area (Å²) in [6.07, 6.45) is 7.54. The van der Waals surface area contributed by atoms with E-state index in [0.29, 0.717) is 30.1 Å². The minimum Gasteiger partial charge on any atom is -0.334 e. The van der Waals surface area contributed by atoms with E-state index in [1.54, 1.807) is 12.3 Å². The van der Waals surface area contributed by atoms with Gasteiger partial charge < -0.3 is 16.6 Å². The summed E-state index contributed by atoms with van der Waals surface area (Å²) in [5.74, 6) is 11.2. The van der Waals surface area contributed by atoms with Crippen LogP contribution in [0.4, 0.5) is 5.82 Å². The second-order valence-electron chi connectivity index (χ2n) is 5.68. The lowest BCUT2D eigenvalue weighted by Crippen LogP contribution is -2.31. The van der Waals surface area contributed by atoms with E-state index in [9.17, 15) is 4.79 Å². The summed E-state index contributed by atoms with van der Waals surface area (Å²) in [5.41, 5.74) is 4.31. The molecule has 0 bridgehead atoms. The summed E-state index contributed by atoms with van der Waals surface area (Å²) >= 11 is 5.93. The van der Waals surface area contributed by atoms with E-state index in [0.717, 1.165) is 5.56 Å². The minimum absolute atomic E-state index is 0.124. The average Bonchev–Trinajstić information content (AvgIpc) is 2.70. The van der Waals surface area contributed by atoms with E-state index >= 15 is 0 Å². The number of aryl methyl sites for hydroxylation is 1. The number of halogens is 1. The number of nitrogens with two attached hydrogens (primary N) is 2. The van der Waals surface area contributed by atoms with Gasteiger partial charge in [-0.1, -0.05) is 43.0 Å². The number of hydrogen-bond donors (Lipinski definition) is 4. The van der Waals surface area contributed by atoms with Gasteiger partial charge in [0.15, 0.2) is 5.82 Å². The zero-order valence-electron chi connectivity index (χ0n) is 15.2. The number of hydrazone groups is 1. The van der Waals surface area contributed by atoms with Crippen molar-refractivity contribution < 1.29 is 0 Å². The van der Waals surface area contributed by atoms with Gasteiger partial charge in [-0.05, 0) is 30.2 Å². The van der Waals surface area contributed by atoms with E-state index < -0.39 is 0 Å². The Labute approximate surface area is 167 Å². The average molecular weight is 400 g/mol. The maximum absolute atomic E-state index is 12.8. The molecular weight excluding hydrogens is 378 g/mol. The summed E-state index contributed by atoms with van der Waals surface area (Å²) in [7, 11) is 0. The Morgan fingerprint density at radius 3 is 2.64 bits per heavy atom. The topological polar surface area (TPSA) is 123 Å². The van der Waals surface area contributed by atoms with Crippen LogP contribution in [0, 0.1) is 0 Å². The maximum Gasteiger partial charge on any atom is 0.298 e. The zero-order chi connectivity index (χ0) is 20.5. The number of benzene rings is 1. The van der Waals surface area contributed by atoms with Crippen molar-refractivity contribution in [3.63, 3.8) is 0 Å². The lowest BCUT2D eigenvalue weighted by Gasteiger charge is -2.11. The second-order valence-corrected chi connectivity index (χ2v) is 6.14. The Morgan fingerprint density at radius 1 is 1.36 bits per heavy atom. The van der Waals surface area contributed by atoms with Crippen LogP contribution in [0.2, 0.25) is 0 Å². The van der Waals surface area contributed by atoms with Crippen LogP contribution in [-0.4, -0.2) is 15.4 Å². The predicted octanol–water partition coefficient (Wildman–Crippen LogP) is 2.13. The summed E-state index contributed by atoms with van der Waals surface area (Å²) in [4.78, 5) is 16.9. The first-order valence-corrected chi connectivity index (χ1v) is 8.72. The molecule has 1 aromatic carbocycles. The van der Waals surface area contributed by atoms with E-state index in [4.69, 9.17) is 23.3 Å².